The lowest BCUT2D eigenvalue weighted by atomic mass is 9.82. The number of ketones is 1. The summed E-state index contributed by atoms with van der Waals surface area (Å²) in [6.07, 6.45) is -1.85. The third-order valence-electron chi connectivity index (χ3n) is 7.74. The molecule has 3 aliphatic heterocycles. The van der Waals surface area contributed by atoms with Crippen molar-refractivity contribution < 1.29 is 46.6 Å². The Labute approximate surface area is 246 Å². The minimum atomic E-state index is -5.19. The van der Waals surface area contributed by atoms with Crippen molar-refractivity contribution in [1.29, 1.82) is 0 Å². The number of pyridine rings is 1. The van der Waals surface area contributed by atoms with Gasteiger partial charge in [-0.15, -0.1) is 0 Å². The number of Topliss-reactive ketones (excluding diaryl/α,β-unsaturated/α-hetero) is 1. The number of carbonyl (C=O) groups is 3. The molecule has 0 aliphatic carbocycles. The molecule has 9 nitrogen and oxygen atoms in total. The highest BCUT2D eigenvalue weighted by Gasteiger charge is 2.49. The van der Waals surface area contributed by atoms with E-state index < -0.39 is 18.2 Å². The van der Waals surface area contributed by atoms with Gasteiger partial charge in [0.25, 0.3) is 0 Å². The van der Waals surface area contributed by atoms with Crippen LogP contribution in [0.25, 0.3) is 0 Å². The van der Waals surface area contributed by atoms with Crippen molar-refractivity contribution in [3.63, 3.8) is 0 Å². The van der Waals surface area contributed by atoms with E-state index in [4.69, 9.17) is 19.4 Å². The first kappa shape index (κ1) is 31.5. The summed E-state index contributed by atoms with van der Waals surface area (Å²) < 4.78 is 43.6. The topological polar surface area (TPSA) is 118 Å². The molecule has 3 saturated heterocycles. The fourth-order valence-corrected chi connectivity index (χ4v) is 5.48. The van der Waals surface area contributed by atoms with Crippen molar-refractivity contribution in [3.05, 3.63) is 90.1 Å². The van der Waals surface area contributed by atoms with Crippen molar-refractivity contribution in [2.45, 2.75) is 31.2 Å². The third kappa shape index (κ3) is 8.31. The van der Waals surface area contributed by atoms with Crippen LogP contribution >= 0.6 is 0 Å². The van der Waals surface area contributed by atoms with Crippen LogP contribution in [0.5, 0.6) is 5.88 Å². The number of hydrogen-bond acceptors (Lipinski definition) is 8. The van der Waals surface area contributed by atoms with Gasteiger partial charge in [0.1, 0.15) is 19.1 Å². The predicted molar refractivity (Wildman–Crippen MR) is 148 cm³/mol. The second kappa shape index (κ2) is 13.7. The lowest BCUT2D eigenvalue weighted by Crippen LogP contribution is -2.65. The number of aromatic nitrogens is 1. The van der Waals surface area contributed by atoms with E-state index in [0.717, 1.165) is 37.2 Å². The summed E-state index contributed by atoms with van der Waals surface area (Å²) in [6, 6.07) is 21.9. The van der Waals surface area contributed by atoms with Crippen LogP contribution in [0.1, 0.15) is 34.8 Å². The van der Waals surface area contributed by atoms with Gasteiger partial charge in [0, 0.05) is 47.8 Å². The number of carboxylic acid groups (broad SMARTS) is 1. The number of ether oxygens (including phenoxy) is 2. The van der Waals surface area contributed by atoms with E-state index in [1.165, 1.54) is 0 Å². The Morgan fingerprint density at radius 1 is 1.00 bits per heavy atom. The van der Waals surface area contributed by atoms with Crippen molar-refractivity contribution >= 4 is 23.4 Å². The number of para-hydroxylation sites is 1. The molecule has 2 aromatic carbocycles. The highest BCUT2D eigenvalue weighted by molar-refractivity contribution is 5.97. The predicted octanol–water partition coefficient (Wildman–Crippen LogP) is 3.58. The van der Waals surface area contributed by atoms with E-state index >= 15 is 0 Å². The van der Waals surface area contributed by atoms with Crippen LogP contribution in [-0.4, -0.2) is 72.8 Å². The zero-order valence-corrected chi connectivity index (χ0v) is 23.5. The Balaban J connectivity index is 0.000000541. The van der Waals surface area contributed by atoms with Crippen LogP contribution in [0.3, 0.4) is 0 Å². The van der Waals surface area contributed by atoms with E-state index in [1.807, 2.05) is 66.7 Å². The number of carbonyl (C=O) groups excluding carboxylic acids is 3. The van der Waals surface area contributed by atoms with Crippen LogP contribution in [0, 0.1) is 5.92 Å². The molecule has 2 bridgehead atoms. The summed E-state index contributed by atoms with van der Waals surface area (Å²) >= 11 is 0. The standard InChI is InChI=1S/C29H32N3O4.C2HF3O2/c1-35-27-13-12-23(18-30-27)28(31-24-10-6-3-7-11-24)29(34)36-26-20-32(16-14-22(26)15-17-32)19-25(33)21-8-4-2-5-9-21;3-2(4,5)1(6)7/h2-13,18,22,26,28,31H,14-17,19-20H2,1H3;(H,6,7)/q+1;/p-1/t22?,26-,28?,32?;/m0./s1. The number of nitrogens with zero attached hydrogens (tertiary/aromatic N) is 2. The average molecular weight is 600 g/mol. The molecule has 0 amide bonds. The van der Waals surface area contributed by atoms with Gasteiger partial charge in [-0.1, -0.05) is 48.5 Å². The molecule has 3 aromatic rings. The molecule has 6 rings (SSSR count). The van der Waals surface area contributed by atoms with Gasteiger partial charge < -0.3 is 29.2 Å². The summed E-state index contributed by atoms with van der Waals surface area (Å²) in [5, 5.41) is 12.1. The van der Waals surface area contributed by atoms with Crippen LogP contribution in [0.15, 0.2) is 79.0 Å². The molecular weight excluding hydrogens is 567 g/mol. The Bertz CT molecular complexity index is 1380. The summed E-state index contributed by atoms with van der Waals surface area (Å²) in [6.45, 7) is 3.02. The number of nitrogens with one attached hydrogen (secondary N) is 1. The molecule has 0 saturated carbocycles. The summed E-state index contributed by atoms with van der Waals surface area (Å²) in [7, 11) is 1.56. The number of anilines is 1. The van der Waals surface area contributed by atoms with Gasteiger partial charge in [-0.25, -0.2) is 9.78 Å². The van der Waals surface area contributed by atoms with Crippen LogP contribution in [-0.2, 0) is 14.3 Å². The fourth-order valence-electron chi connectivity index (χ4n) is 5.48. The molecule has 3 aliphatic rings. The molecule has 1 unspecified atom stereocenters. The second-order valence-electron chi connectivity index (χ2n) is 10.6. The van der Waals surface area contributed by atoms with Gasteiger partial charge in [-0.05, 0) is 18.2 Å². The van der Waals surface area contributed by atoms with E-state index in [1.54, 1.807) is 19.4 Å². The first-order valence-corrected chi connectivity index (χ1v) is 13.7. The number of hydrogen-bond donors (Lipinski definition) is 1. The van der Waals surface area contributed by atoms with Crippen LogP contribution in [0.2, 0.25) is 0 Å². The number of methoxy groups -OCH3 is 1. The van der Waals surface area contributed by atoms with E-state index in [9.17, 15) is 22.8 Å². The van der Waals surface area contributed by atoms with E-state index in [0.29, 0.717) is 34.9 Å². The van der Waals surface area contributed by atoms with Gasteiger partial charge in [0.15, 0.2) is 12.1 Å². The molecule has 228 valence electrons. The zero-order valence-electron chi connectivity index (χ0n) is 23.5. The van der Waals surface area contributed by atoms with Gasteiger partial charge in [0.2, 0.25) is 11.7 Å². The van der Waals surface area contributed by atoms with E-state index in [-0.39, 0.29) is 17.9 Å². The van der Waals surface area contributed by atoms with E-state index in [2.05, 4.69) is 10.3 Å². The van der Waals surface area contributed by atoms with Gasteiger partial charge in [0.05, 0.1) is 20.2 Å². The number of fused-ring (bicyclic) bond motifs is 3. The second-order valence-corrected chi connectivity index (χ2v) is 10.6. The molecule has 2 atom stereocenters. The van der Waals surface area contributed by atoms with Crippen molar-refractivity contribution in [1.82, 2.24) is 4.98 Å². The number of alkyl halides is 3. The highest BCUT2D eigenvalue weighted by Crippen LogP contribution is 2.37. The Hall–Kier alpha value is -4.45. The van der Waals surface area contributed by atoms with Crippen LogP contribution in [0.4, 0.5) is 18.9 Å². The first-order chi connectivity index (χ1) is 20.5. The molecule has 4 heterocycles. The minimum absolute atomic E-state index is 0.147. The fraction of sp³-hybridized carbons (Fsp3) is 0.355. The molecule has 12 heteroatoms. The average Bonchev–Trinajstić information content (AvgIpc) is 3.01. The van der Waals surface area contributed by atoms with Crippen molar-refractivity contribution in [3.8, 4) is 5.88 Å². The highest BCUT2D eigenvalue weighted by atomic mass is 19.4. The van der Waals surface area contributed by atoms with Crippen LogP contribution < -0.4 is 15.2 Å². The normalized spacial score (nSPS) is 21.5. The maximum Gasteiger partial charge on any atom is 0.430 e. The lowest BCUT2D eigenvalue weighted by molar-refractivity contribution is -0.938. The molecule has 43 heavy (non-hydrogen) atoms. The lowest BCUT2D eigenvalue weighted by Gasteiger charge is -2.51. The molecule has 0 radical (unpaired) electrons. The van der Waals surface area contributed by atoms with Crippen molar-refractivity contribution in [2.24, 2.45) is 5.92 Å². The van der Waals surface area contributed by atoms with Crippen molar-refractivity contribution in [2.75, 3.05) is 38.6 Å². The number of esters is 1. The molecule has 1 aromatic heterocycles. The zero-order chi connectivity index (χ0) is 31.0. The Morgan fingerprint density at radius 2 is 1.60 bits per heavy atom. The SMILES string of the molecule is COc1ccc(C(Nc2ccccc2)C(=O)O[C@H]2C[N+]3(CC(=O)c4ccccc4)CCC2CC3)cn1.O=C([O-])C(F)(F)F. The summed E-state index contributed by atoms with van der Waals surface area (Å²) in [5.74, 6) is -2.39. The number of benzene rings is 2. The maximum atomic E-state index is 13.6. The number of piperidine rings is 3. The number of quaternary nitrogens is 1. The quantitative estimate of drug-likeness (QED) is 0.225. The number of halogens is 3. The third-order valence-corrected chi connectivity index (χ3v) is 7.74. The summed E-state index contributed by atoms with van der Waals surface area (Å²) in [4.78, 5) is 39.7. The smallest absolute Gasteiger partial charge is 0.430 e. The van der Waals surface area contributed by atoms with Gasteiger partial charge in [-0.3, -0.25) is 4.79 Å². The molecule has 0 spiro atoms. The Kier molecular flexibility index (Phi) is 10.0. The number of aliphatic carboxylic acids is 1. The number of rotatable bonds is 9. The minimum Gasteiger partial charge on any atom is -0.542 e. The molecular formula is C31H32F3N3O6. The summed E-state index contributed by atoms with van der Waals surface area (Å²) in [5.41, 5.74) is 2.26. The molecule has 3 fully saturated rings. The Morgan fingerprint density at radius 3 is 2.14 bits per heavy atom. The largest absolute Gasteiger partial charge is 0.542 e. The monoisotopic (exact) mass is 599 g/mol. The number of carboxylic acids is 1. The maximum absolute atomic E-state index is 13.6. The first-order valence-electron chi connectivity index (χ1n) is 13.7. The van der Waals surface area contributed by atoms with Gasteiger partial charge in [-0.2, -0.15) is 13.2 Å². The van der Waals surface area contributed by atoms with Gasteiger partial charge >= 0.3 is 12.1 Å². The molecule has 1 N–H and O–H groups in total.